The molecule has 0 saturated carbocycles. The van der Waals surface area contributed by atoms with E-state index in [1.165, 1.54) is 0 Å². The molecule has 138 valence electrons. The molecule has 0 amide bonds. The maximum Gasteiger partial charge on any atom is 0.340 e. The van der Waals surface area contributed by atoms with Crippen LogP contribution in [0.2, 0.25) is 0 Å². The number of para-hydroxylation sites is 1. The Kier molecular flexibility index (Phi) is 4.44. The lowest BCUT2D eigenvalue weighted by Crippen LogP contribution is -2.31. The number of esters is 1. The van der Waals surface area contributed by atoms with E-state index in [0.29, 0.717) is 12.2 Å². The first-order valence-corrected chi connectivity index (χ1v) is 9.17. The number of carbonyl (C=O) groups excluding carboxylic acids is 1. The van der Waals surface area contributed by atoms with Gasteiger partial charge in [0.05, 0.1) is 29.5 Å². The minimum Gasteiger partial charge on any atom is -0.478 e. The third-order valence-corrected chi connectivity index (χ3v) is 5.42. The summed E-state index contributed by atoms with van der Waals surface area (Å²) in [6.07, 6.45) is 5.16. The first kappa shape index (κ1) is 17.3. The molecule has 0 radical (unpaired) electrons. The van der Waals surface area contributed by atoms with Gasteiger partial charge in [0, 0.05) is 5.92 Å². The number of hydrogen-bond acceptors (Lipinski definition) is 4. The van der Waals surface area contributed by atoms with Gasteiger partial charge >= 0.3 is 11.9 Å². The number of anilines is 1. The molecule has 0 fully saturated rings. The molecule has 0 spiro atoms. The van der Waals surface area contributed by atoms with E-state index >= 15 is 0 Å². The first-order valence-electron chi connectivity index (χ1n) is 9.17. The molecule has 1 aliphatic heterocycles. The van der Waals surface area contributed by atoms with Gasteiger partial charge < -0.3 is 15.2 Å². The van der Waals surface area contributed by atoms with Crippen molar-refractivity contribution in [2.24, 2.45) is 5.92 Å². The number of carboxylic acid groups (broad SMARTS) is 1. The molecule has 3 atom stereocenters. The van der Waals surface area contributed by atoms with E-state index in [1.54, 1.807) is 25.1 Å². The summed E-state index contributed by atoms with van der Waals surface area (Å²) < 4.78 is 5.22. The number of benzene rings is 2. The lowest BCUT2D eigenvalue weighted by molar-refractivity contribution is 0.0526. The van der Waals surface area contributed by atoms with E-state index in [1.807, 2.05) is 24.3 Å². The second kappa shape index (κ2) is 6.91. The Bertz CT molecular complexity index is 934. The second-order valence-electron chi connectivity index (χ2n) is 6.86. The van der Waals surface area contributed by atoms with Crippen LogP contribution in [-0.2, 0) is 4.74 Å². The van der Waals surface area contributed by atoms with Crippen LogP contribution in [0.15, 0.2) is 54.6 Å². The van der Waals surface area contributed by atoms with Crippen LogP contribution in [0, 0.1) is 5.92 Å². The fraction of sp³-hybridized carbons (Fsp3) is 0.273. The number of allylic oxidation sites excluding steroid dienone is 2. The molecule has 5 nitrogen and oxygen atoms in total. The van der Waals surface area contributed by atoms with Gasteiger partial charge in [-0.15, -0.1) is 0 Å². The molecule has 4 rings (SSSR count). The van der Waals surface area contributed by atoms with Gasteiger partial charge in [-0.3, -0.25) is 0 Å². The molecule has 0 aromatic heterocycles. The SMILES string of the molecule is CCOC(=O)c1cccc2c1N[C@H](c1ccccc1C(=O)O)[C@@H]1CC=C[C@@H]21. The van der Waals surface area contributed by atoms with Crippen molar-refractivity contribution in [3.63, 3.8) is 0 Å². The zero-order chi connectivity index (χ0) is 19.0. The topological polar surface area (TPSA) is 75.6 Å². The summed E-state index contributed by atoms with van der Waals surface area (Å²) >= 11 is 0. The lowest BCUT2D eigenvalue weighted by atomic mass is 9.75. The Morgan fingerprint density at radius 3 is 2.63 bits per heavy atom. The van der Waals surface area contributed by atoms with Gasteiger partial charge in [0.2, 0.25) is 0 Å². The highest BCUT2D eigenvalue weighted by Gasteiger charge is 2.40. The van der Waals surface area contributed by atoms with Gasteiger partial charge in [-0.2, -0.15) is 0 Å². The lowest BCUT2D eigenvalue weighted by Gasteiger charge is -2.38. The van der Waals surface area contributed by atoms with E-state index in [9.17, 15) is 14.7 Å². The number of nitrogens with one attached hydrogen (secondary N) is 1. The molecule has 27 heavy (non-hydrogen) atoms. The standard InChI is InChI=1S/C22H21NO4/c1-2-27-22(26)18-12-6-11-15-13-9-5-10-14(13)19(23-20(15)18)16-7-3-4-8-17(16)21(24)25/h3-9,11-14,19,23H,2,10H2,1H3,(H,24,25)/t13-,14-,19+/m1/s1. The van der Waals surface area contributed by atoms with Crippen LogP contribution < -0.4 is 5.32 Å². The van der Waals surface area contributed by atoms with E-state index in [0.717, 1.165) is 23.2 Å². The molecule has 0 bridgehead atoms. The van der Waals surface area contributed by atoms with E-state index < -0.39 is 5.97 Å². The zero-order valence-electron chi connectivity index (χ0n) is 15.0. The quantitative estimate of drug-likeness (QED) is 0.622. The van der Waals surface area contributed by atoms with Gasteiger partial charge in [-0.25, -0.2) is 9.59 Å². The van der Waals surface area contributed by atoms with Crippen molar-refractivity contribution < 1.29 is 19.4 Å². The molecule has 0 unspecified atom stereocenters. The Hall–Kier alpha value is -3.08. The summed E-state index contributed by atoms with van der Waals surface area (Å²) in [7, 11) is 0. The van der Waals surface area contributed by atoms with Crippen molar-refractivity contribution in [1.29, 1.82) is 0 Å². The predicted octanol–water partition coefficient (Wildman–Crippen LogP) is 4.39. The van der Waals surface area contributed by atoms with Crippen molar-refractivity contribution in [2.45, 2.75) is 25.3 Å². The number of carbonyl (C=O) groups is 2. The molecular weight excluding hydrogens is 342 g/mol. The van der Waals surface area contributed by atoms with Gasteiger partial charge in [-0.05, 0) is 42.5 Å². The average molecular weight is 363 g/mol. The van der Waals surface area contributed by atoms with Crippen LogP contribution in [0.1, 0.15) is 57.1 Å². The summed E-state index contributed by atoms with van der Waals surface area (Å²) in [6.45, 7) is 2.09. The number of ether oxygens (including phenoxy) is 1. The van der Waals surface area contributed by atoms with E-state index in [4.69, 9.17) is 4.74 Å². The van der Waals surface area contributed by atoms with Crippen LogP contribution in [0.4, 0.5) is 5.69 Å². The molecule has 1 heterocycles. The molecular formula is C22H21NO4. The minimum absolute atomic E-state index is 0.141. The smallest absolute Gasteiger partial charge is 0.340 e. The van der Waals surface area contributed by atoms with Crippen LogP contribution >= 0.6 is 0 Å². The highest BCUT2D eigenvalue weighted by Crippen LogP contribution is 2.51. The number of fused-ring (bicyclic) bond motifs is 3. The Morgan fingerprint density at radius 2 is 1.85 bits per heavy atom. The number of rotatable bonds is 4. The van der Waals surface area contributed by atoms with Gasteiger partial charge in [0.15, 0.2) is 0 Å². The van der Waals surface area contributed by atoms with Gasteiger partial charge in [-0.1, -0.05) is 42.5 Å². The maximum absolute atomic E-state index is 12.5. The number of carboxylic acids is 1. The highest BCUT2D eigenvalue weighted by molar-refractivity contribution is 5.97. The number of hydrogen-bond donors (Lipinski definition) is 2. The van der Waals surface area contributed by atoms with Crippen molar-refractivity contribution in [2.75, 3.05) is 11.9 Å². The third-order valence-electron chi connectivity index (χ3n) is 5.42. The molecule has 2 aromatic rings. The number of aromatic carboxylic acids is 1. The van der Waals surface area contributed by atoms with Gasteiger partial charge in [0.25, 0.3) is 0 Å². The average Bonchev–Trinajstić information content (AvgIpc) is 3.17. The Labute approximate surface area is 157 Å². The molecule has 1 aliphatic carbocycles. The van der Waals surface area contributed by atoms with Crippen molar-refractivity contribution in [3.8, 4) is 0 Å². The summed E-state index contributed by atoms with van der Waals surface area (Å²) in [5.74, 6) is -0.968. The normalized spacial score (nSPS) is 22.5. The summed E-state index contributed by atoms with van der Waals surface area (Å²) in [6, 6.07) is 12.5. The van der Waals surface area contributed by atoms with Crippen LogP contribution in [0.25, 0.3) is 0 Å². The zero-order valence-corrected chi connectivity index (χ0v) is 15.0. The van der Waals surface area contributed by atoms with E-state index in [-0.39, 0.29) is 29.4 Å². The molecule has 2 aromatic carbocycles. The molecule has 0 saturated heterocycles. The third kappa shape index (κ3) is 2.89. The van der Waals surface area contributed by atoms with Crippen molar-refractivity contribution in [3.05, 3.63) is 76.9 Å². The monoisotopic (exact) mass is 363 g/mol. The minimum atomic E-state index is -0.945. The fourth-order valence-electron chi connectivity index (χ4n) is 4.27. The van der Waals surface area contributed by atoms with Crippen molar-refractivity contribution in [1.82, 2.24) is 0 Å². The Balaban J connectivity index is 1.84. The summed E-state index contributed by atoms with van der Waals surface area (Å²) in [4.78, 5) is 24.2. The molecule has 2 aliphatic rings. The molecule has 5 heteroatoms. The van der Waals surface area contributed by atoms with Crippen LogP contribution in [-0.4, -0.2) is 23.7 Å². The van der Waals surface area contributed by atoms with Gasteiger partial charge in [0.1, 0.15) is 0 Å². The van der Waals surface area contributed by atoms with Crippen LogP contribution in [0.3, 0.4) is 0 Å². The van der Waals surface area contributed by atoms with E-state index in [2.05, 4.69) is 17.5 Å². The second-order valence-corrected chi connectivity index (χ2v) is 6.86. The molecule has 2 N–H and O–H groups in total. The van der Waals surface area contributed by atoms with Crippen LogP contribution in [0.5, 0.6) is 0 Å². The largest absolute Gasteiger partial charge is 0.478 e. The highest BCUT2D eigenvalue weighted by atomic mass is 16.5. The first-order chi connectivity index (χ1) is 13.1. The Morgan fingerprint density at radius 1 is 1.11 bits per heavy atom. The maximum atomic E-state index is 12.5. The fourth-order valence-corrected chi connectivity index (χ4v) is 4.27. The van der Waals surface area contributed by atoms with Crippen molar-refractivity contribution >= 4 is 17.6 Å². The predicted molar refractivity (Wildman–Crippen MR) is 102 cm³/mol. The summed E-state index contributed by atoms with van der Waals surface area (Å²) in [5.41, 5.74) is 3.33. The summed E-state index contributed by atoms with van der Waals surface area (Å²) in [5, 5.41) is 13.1.